The maximum absolute atomic E-state index is 11.3. The summed E-state index contributed by atoms with van der Waals surface area (Å²) in [7, 11) is 0. The van der Waals surface area contributed by atoms with E-state index in [1.165, 1.54) is 0 Å². The van der Waals surface area contributed by atoms with Crippen molar-refractivity contribution in [2.75, 3.05) is 0 Å². The summed E-state index contributed by atoms with van der Waals surface area (Å²) in [6.07, 6.45) is -4.14. The number of alkyl halides is 4. The van der Waals surface area contributed by atoms with E-state index in [9.17, 15) is 22.4 Å². The molecule has 0 fully saturated rings. The molecule has 0 aliphatic heterocycles. The molecule has 2 nitrogen and oxygen atoms in total. The summed E-state index contributed by atoms with van der Waals surface area (Å²) in [6.45, 7) is 0. The molecule has 0 unspecified atom stereocenters. The van der Waals surface area contributed by atoms with Crippen LogP contribution in [0.2, 0.25) is 0 Å². The third-order valence-corrected chi connectivity index (χ3v) is 0.559. The van der Waals surface area contributed by atoms with Gasteiger partial charge < -0.3 is 5.11 Å². The van der Waals surface area contributed by atoms with Gasteiger partial charge in [-0.1, -0.05) is 0 Å². The van der Waals surface area contributed by atoms with Gasteiger partial charge in [0.25, 0.3) is 0 Å². The van der Waals surface area contributed by atoms with Crippen LogP contribution in [0.25, 0.3) is 0 Å². The second-order valence-electron chi connectivity index (χ2n) is 1.23. The molecule has 10 heavy (non-hydrogen) atoms. The van der Waals surface area contributed by atoms with E-state index in [1.807, 2.05) is 0 Å². The molecule has 0 rings (SSSR count). The third-order valence-electron chi connectivity index (χ3n) is 0.559. The van der Waals surface area contributed by atoms with Gasteiger partial charge in [-0.2, -0.15) is 8.78 Å². The van der Waals surface area contributed by atoms with Crippen LogP contribution in [0, 0.1) is 0 Å². The molecule has 0 atom stereocenters. The summed E-state index contributed by atoms with van der Waals surface area (Å²) < 4.78 is 44.5. The van der Waals surface area contributed by atoms with Crippen LogP contribution >= 0.6 is 0 Å². The predicted molar refractivity (Wildman–Crippen MR) is 27.1 cm³/mol. The molecule has 0 aromatic rings. The van der Waals surface area contributed by atoms with Crippen LogP contribution in [0.4, 0.5) is 17.6 Å². The van der Waals surface area contributed by atoms with E-state index in [-0.39, 0.29) is 37.7 Å². The quantitative estimate of drug-likeness (QED) is 0.491. The first kappa shape index (κ1) is 13.1. The minimum absolute atomic E-state index is 0. The average Bonchev–Trinajstić information content (AvgIpc) is 1.65. The number of aliphatic carboxylic acids is 1. The standard InChI is InChI=1S/C3H2F4O2.Ca.2H/c4-1(5)3(6,7)2(8)9;;;/h1H,(H,8,9);;;. The monoisotopic (exact) mass is 188 g/mol. The van der Waals surface area contributed by atoms with Crippen molar-refractivity contribution in [3.8, 4) is 0 Å². The van der Waals surface area contributed by atoms with E-state index in [4.69, 9.17) is 5.11 Å². The molecule has 7 heteroatoms. The van der Waals surface area contributed by atoms with Gasteiger partial charge in [0, 0.05) is 0 Å². The van der Waals surface area contributed by atoms with Crippen LogP contribution in [0.15, 0.2) is 0 Å². The van der Waals surface area contributed by atoms with Crippen molar-refractivity contribution in [2.24, 2.45) is 0 Å². The summed E-state index contributed by atoms with van der Waals surface area (Å²) in [5, 5.41) is 7.38. The molecular formula is C3H4CaF4O2. The Morgan fingerprint density at radius 2 is 1.70 bits per heavy atom. The van der Waals surface area contributed by atoms with Gasteiger partial charge >= 0.3 is 56.1 Å². The summed E-state index contributed by atoms with van der Waals surface area (Å²) in [6, 6.07) is 0. The number of halogens is 4. The van der Waals surface area contributed by atoms with E-state index in [2.05, 4.69) is 0 Å². The molecule has 0 radical (unpaired) electrons. The zero-order valence-electron chi connectivity index (χ0n) is 3.94. The van der Waals surface area contributed by atoms with Gasteiger partial charge in [0.15, 0.2) is 0 Å². The zero-order valence-corrected chi connectivity index (χ0v) is 3.94. The Bertz CT molecular complexity index is 126. The van der Waals surface area contributed by atoms with E-state index in [1.54, 1.807) is 0 Å². The molecule has 0 spiro atoms. The molecule has 0 aliphatic carbocycles. The fourth-order valence-corrected chi connectivity index (χ4v) is 0.0933. The van der Waals surface area contributed by atoms with Crippen LogP contribution in [0.1, 0.15) is 0 Å². The molecule has 0 amide bonds. The topological polar surface area (TPSA) is 37.3 Å². The van der Waals surface area contributed by atoms with Crippen LogP contribution in [-0.4, -0.2) is 61.2 Å². The van der Waals surface area contributed by atoms with E-state index in [0.29, 0.717) is 0 Å². The van der Waals surface area contributed by atoms with Crippen molar-refractivity contribution in [2.45, 2.75) is 12.3 Å². The number of hydrogen-bond acceptors (Lipinski definition) is 1. The van der Waals surface area contributed by atoms with Crippen LogP contribution in [-0.2, 0) is 4.79 Å². The SMILES string of the molecule is O=C(O)C(F)(F)C(F)F.[CaH2]. The molecule has 0 aromatic heterocycles. The number of rotatable bonds is 2. The summed E-state index contributed by atoms with van der Waals surface area (Å²) in [5.41, 5.74) is 0. The van der Waals surface area contributed by atoms with Crippen molar-refractivity contribution in [1.29, 1.82) is 0 Å². The number of carboxylic acids is 1. The van der Waals surface area contributed by atoms with Gasteiger partial charge in [-0.25, -0.2) is 13.6 Å². The van der Waals surface area contributed by atoms with Crippen LogP contribution in [0.3, 0.4) is 0 Å². The minimum atomic E-state index is -4.92. The normalized spacial score (nSPS) is 10.9. The van der Waals surface area contributed by atoms with Crippen molar-refractivity contribution in [1.82, 2.24) is 0 Å². The van der Waals surface area contributed by atoms with Gasteiger partial charge in [-0.05, 0) is 0 Å². The Balaban J connectivity index is 0. The Morgan fingerprint density at radius 1 is 1.40 bits per heavy atom. The van der Waals surface area contributed by atoms with Gasteiger partial charge in [0.2, 0.25) is 0 Å². The molecule has 58 valence electrons. The Kier molecular flexibility index (Phi) is 5.69. The second-order valence-corrected chi connectivity index (χ2v) is 1.23. The summed E-state index contributed by atoms with van der Waals surface area (Å²) in [5.74, 6) is -7.72. The Morgan fingerprint density at radius 3 is 1.70 bits per heavy atom. The van der Waals surface area contributed by atoms with Gasteiger partial charge in [-0.15, -0.1) is 0 Å². The van der Waals surface area contributed by atoms with Crippen LogP contribution in [0.5, 0.6) is 0 Å². The fourth-order valence-electron chi connectivity index (χ4n) is 0.0933. The van der Waals surface area contributed by atoms with Crippen molar-refractivity contribution in [3.05, 3.63) is 0 Å². The molecule has 0 aromatic carbocycles. The molecule has 0 saturated heterocycles. The van der Waals surface area contributed by atoms with E-state index >= 15 is 0 Å². The predicted octanol–water partition coefficient (Wildman–Crippen LogP) is 0.0552. The van der Waals surface area contributed by atoms with Crippen molar-refractivity contribution < 1.29 is 27.5 Å². The first-order chi connectivity index (χ1) is 3.89. The summed E-state index contributed by atoms with van der Waals surface area (Å²) in [4.78, 5) is 9.23. The third kappa shape index (κ3) is 3.03. The first-order valence-corrected chi connectivity index (χ1v) is 1.78. The Hall–Kier alpha value is 0.450. The van der Waals surface area contributed by atoms with Crippen molar-refractivity contribution in [3.63, 3.8) is 0 Å². The Labute approximate surface area is 83.2 Å². The molecule has 0 saturated carbocycles. The fraction of sp³-hybridized carbons (Fsp3) is 0.667. The maximum atomic E-state index is 11.3. The zero-order chi connectivity index (χ0) is 7.65. The van der Waals surface area contributed by atoms with Gasteiger partial charge in [-0.3, -0.25) is 0 Å². The molecule has 1 N–H and O–H groups in total. The molecule has 0 heterocycles. The molecular weight excluding hydrogens is 184 g/mol. The number of hydrogen-bond donors (Lipinski definition) is 1. The number of carboxylic acid groups (broad SMARTS) is 1. The first-order valence-electron chi connectivity index (χ1n) is 1.78. The molecule has 0 bridgehead atoms. The van der Waals surface area contributed by atoms with Crippen LogP contribution < -0.4 is 0 Å². The average molecular weight is 188 g/mol. The summed E-state index contributed by atoms with van der Waals surface area (Å²) >= 11 is 0. The van der Waals surface area contributed by atoms with Gasteiger partial charge in [0.1, 0.15) is 0 Å². The van der Waals surface area contributed by atoms with Crippen molar-refractivity contribution >= 4 is 43.7 Å². The van der Waals surface area contributed by atoms with E-state index < -0.39 is 18.3 Å². The molecule has 0 aliphatic rings. The van der Waals surface area contributed by atoms with E-state index in [0.717, 1.165) is 0 Å². The second kappa shape index (κ2) is 4.35. The van der Waals surface area contributed by atoms with Gasteiger partial charge in [0.05, 0.1) is 0 Å². The number of carbonyl (C=O) groups is 1.